The van der Waals surface area contributed by atoms with Gasteiger partial charge < -0.3 is 9.64 Å². The van der Waals surface area contributed by atoms with Crippen molar-refractivity contribution in [3.63, 3.8) is 0 Å². The Balaban J connectivity index is 1.75. The Morgan fingerprint density at radius 1 is 1.08 bits per heavy atom. The van der Waals surface area contributed by atoms with Gasteiger partial charge in [0.1, 0.15) is 0 Å². The highest BCUT2D eigenvalue weighted by Crippen LogP contribution is 2.16. The molecule has 1 aliphatic heterocycles. The molecule has 0 radical (unpaired) electrons. The Kier molecular flexibility index (Phi) is 4.46. The van der Waals surface area contributed by atoms with Crippen LogP contribution in [0.1, 0.15) is 41.5 Å². The van der Waals surface area contributed by atoms with Gasteiger partial charge in [-0.05, 0) is 51.8 Å². The molecule has 1 aromatic heterocycles. The van der Waals surface area contributed by atoms with Crippen molar-refractivity contribution in [2.45, 2.75) is 39.7 Å². The van der Waals surface area contributed by atoms with Gasteiger partial charge in [-0.2, -0.15) is 0 Å². The number of ether oxygens (including phenoxy) is 1. The number of benzene rings is 1. The van der Waals surface area contributed by atoms with E-state index in [1.54, 1.807) is 30.0 Å². The van der Waals surface area contributed by atoms with Crippen LogP contribution in [0, 0.1) is 13.8 Å². The summed E-state index contributed by atoms with van der Waals surface area (Å²) in [6.45, 7) is 6.88. The highest BCUT2D eigenvalue weighted by molar-refractivity contribution is 5.95. The van der Waals surface area contributed by atoms with Crippen molar-refractivity contribution in [3.8, 4) is 0 Å². The van der Waals surface area contributed by atoms with Gasteiger partial charge in [0.25, 0.3) is 5.91 Å². The van der Waals surface area contributed by atoms with Crippen LogP contribution in [0.15, 0.2) is 18.2 Å². The summed E-state index contributed by atoms with van der Waals surface area (Å²) in [6.07, 6.45) is 1.24. The summed E-state index contributed by atoms with van der Waals surface area (Å²) in [7, 11) is 0. The number of likely N-dealkylation sites (tertiary alicyclic amines) is 1. The van der Waals surface area contributed by atoms with Gasteiger partial charge in [0.15, 0.2) is 6.10 Å². The predicted molar refractivity (Wildman–Crippen MR) is 89.7 cm³/mol. The van der Waals surface area contributed by atoms with E-state index >= 15 is 0 Å². The summed E-state index contributed by atoms with van der Waals surface area (Å²) in [5.74, 6) is -0.648. The number of hydrogen-bond acceptors (Lipinski definition) is 5. The largest absolute Gasteiger partial charge is 0.449 e. The van der Waals surface area contributed by atoms with E-state index in [-0.39, 0.29) is 5.91 Å². The van der Waals surface area contributed by atoms with Crippen LogP contribution in [-0.4, -0.2) is 45.9 Å². The molecule has 6 nitrogen and oxygen atoms in total. The minimum absolute atomic E-state index is 0.132. The average Bonchev–Trinajstić information content (AvgIpc) is 3.09. The van der Waals surface area contributed by atoms with E-state index in [2.05, 4.69) is 9.97 Å². The molecule has 1 fully saturated rings. The van der Waals surface area contributed by atoms with Crippen LogP contribution >= 0.6 is 0 Å². The summed E-state index contributed by atoms with van der Waals surface area (Å²) in [4.78, 5) is 35.2. The first-order chi connectivity index (χ1) is 11.5. The Morgan fingerprint density at radius 3 is 2.38 bits per heavy atom. The Labute approximate surface area is 140 Å². The van der Waals surface area contributed by atoms with Gasteiger partial charge in [0.05, 0.1) is 28.0 Å². The van der Waals surface area contributed by atoms with E-state index in [0.29, 0.717) is 11.1 Å². The molecule has 2 heterocycles. The Hall–Kier alpha value is -2.50. The Bertz CT molecular complexity index is 797. The Morgan fingerprint density at radius 2 is 1.71 bits per heavy atom. The summed E-state index contributed by atoms with van der Waals surface area (Å²) in [5, 5.41) is 0. The van der Waals surface area contributed by atoms with Gasteiger partial charge >= 0.3 is 5.97 Å². The molecule has 1 atom stereocenters. The van der Waals surface area contributed by atoms with Crippen molar-refractivity contribution < 1.29 is 14.3 Å². The SMILES string of the molecule is Cc1nc2ccc(C(=O)O[C@H](C)C(=O)N3CCCC3)cc2nc1C. The minimum Gasteiger partial charge on any atom is -0.449 e. The van der Waals surface area contributed by atoms with Gasteiger partial charge in [-0.1, -0.05) is 0 Å². The first-order valence-electron chi connectivity index (χ1n) is 8.20. The fourth-order valence-corrected chi connectivity index (χ4v) is 2.83. The molecule has 1 aliphatic rings. The maximum Gasteiger partial charge on any atom is 0.338 e. The van der Waals surface area contributed by atoms with Crippen LogP contribution in [0.25, 0.3) is 11.0 Å². The number of hydrogen-bond donors (Lipinski definition) is 0. The maximum atomic E-state index is 12.3. The predicted octanol–water partition coefficient (Wildman–Crippen LogP) is 2.41. The molecular formula is C18H21N3O3. The standard InChI is InChI=1S/C18H21N3O3/c1-11-12(2)20-16-10-14(6-7-15(16)19-11)18(23)24-13(3)17(22)21-8-4-5-9-21/h6-7,10,13H,4-5,8-9H2,1-3H3/t13-/m1/s1. The molecule has 6 heteroatoms. The lowest BCUT2D eigenvalue weighted by molar-refractivity contribution is -0.138. The van der Waals surface area contributed by atoms with Crippen LogP contribution in [0.5, 0.6) is 0 Å². The second kappa shape index (κ2) is 6.55. The van der Waals surface area contributed by atoms with Crippen molar-refractivity contribution in [2.75, 3.05) is 13.1 Å². The molecule has 1 amide bonds. The quantitative estimate of drug-likeness (QED) is 0.810. The maximum absolute atomic E-state index is 12.3. The molecular weight excluding hydrogens is 306 g/mol. The summed E-state index contributed by atoms with van der Waals surface area (Å²) < 4.78 is 5.34. The van der Waals surface area contributed by atoms with Crippen LogP contribution in [0.2, 0.25) is 0 Å². The van der Waals surface area contributed by atoms with Gasteiger partial charge in [0, 0.05) is 13.1 Å². The lowest BCUT2D eigenvalue weighted by Gasteiger charge is -2.20. The van der Waals surface area contributed by atoms with Crippen molar-refractivity contribution in [3.05, 3.63) is 35.2 Å². The number of carbonyl (C=O) groups is 2. The number of esters is 1. The summed E-state index contributed by atoms with van der Waals surface area (Å²) in [6, 6.07) is 5.06. The molecule has 0 unspecified atom stereocenters. The van der Waals surface area contributed by atoms with Crippen molar-refractivity contribution in [1.29, 1.82) is 0 Å². The molecule has 126 valence electrons. The zero-order valence-electron chi connectivity index (χ0n) is 14.2. The average molecular weight is 327 g/mol. The molecule has 0 aliphatic carbocycles. The van der Waals surface area contributed by atoms with E-state index in [1.807, 2.05) is 13.8 Å². The molecule has 0 saturated carbocycles. The van der Waals surface area contributed by atoms with E-state index < -0.39 is 12.1 Å². The monoisotopic (exact) mass is 327 g/mol. The molecule has 24 heavy (non-hydrogen) atoms. The zero-order chi connectivity index (χ0) is 17.3. The highest BCUT2D eigenvalue weighted by Gasteiger charge is 2.26. The fourth-order valence-electron chi connectivity index (χ4n) is 2.83. The zero-order valence-corrected chi connectivity index (χ0v) is 14.2. The number of aromatic nitrogens is 2. The third-order valence-corrected chi connectivity index (χ3v) is 4.36. The van der Waals surface area contributed by atoms with Crippen molar-refractivity contribution in [2.24, 2.45) is 0 Å². The lowest BCUT2D eigenvalue weighted by atomic mass is 10.2. The molecule has 0 N–H and O–H groups in total. The molecule has 1 aromatic carbocycles. The first-order valence-corrected chi connectivity index (χ1v) is 8.20. The topological polar surface area (TPSA) is 72.4 Å². The van der Waals surface area contributed by atoms with Crippen LogP contribution in [0.3, 0.4) is 0 Å². The summed E-state index contributed by atoms with van der Waals surface area (Å²) in [5.41, 5.74) is 3.44. The van der Waals surface area contributed by atoms with E-state index in [0.717, 1.165) is 42.8 Å². The molecule has 1 saturated heterocycles. The van der Waals surface area contributed by atoms with Crippen LogP contribution in [-0.2, 0) is 9.53 Å². The fraction of sp³-hybridized carbons (Fsp3) is 0.444. The minimum atomic E-state index is -0.780. The number of aryl methyl sites for hydroxylation is 2. The normalized spacial score (nSPS) is 15.5. The van der Waals surface area contributed by atoms with Gasteiger partial charge in [-0.3, -0.25) is 4.79 Å². The van der Waals surface area contributed by atoms with Gasteiger partial charge in [0.2, 0.25) is 0 Å². The van der Waals surface area contributed by atoms with E-state index in [9.17, 15) is 9.59 Å². The second-order valence-electron chi connectivity index (χ2n) is 6.18. The molecule has 0 bridgehead atoms. The highest BCUT2D eigenvalue weighted by atomic mass is 16.5. The molecule has 0 spiro atoms. The smallest absolute Gasteiger partial charge is 0.338 e. The second-order valence-corrected chi connectivity index (χ2v) is 6.18. The van der Waals surface area contributed by atoms with Crippen LogP contribution < -0.4 is 0 Å². The van der Waals surface area contributed by atoms with E-state index in [1.165, 1.54) is 0 Å². The number of nitrogens with zero attached hydrogens (tertiary/aromatic N) is 3. The third kappa shape index (κ3) is 3.22. The van der Waals surface area contributed by atoms with Crippen molar-refractivity contribution in [1.82, 2.24) is 14.9 Å². The third-order valence-electron chi connectivity index (χ3n) is 4.36. The van der Waals surface area contributed by atoms with E-state index in [4.69, 9.17) is 4.74 Å². The number of carbonyl (C=O) groups excluding carboxylic acids is 2. The van der Waals surface area contributed by atoms with Gasteiger partial charge in [-0.15, -0.1) is 0 Å². The molecule has 2 aromatic rings. The van der Waals surface area contributed by atoms with Crippen LogP contribution in [0.4, 0.5) is 0 Å². The van der Waals surface area contributed by atoms with Gasteiger partial charge in [-0.25, -0.2) is 14.8 Å². The lowest BCUT2D eigenvalue weighted by Crippen LogP contribution is -2.38. The number of fused-ring (bicyclic) bond motifs is 1. The first kappa shape index (κ1) is 16.4. The number of amides is 1. The molecule has 3 rings (SSSR count). The van der Waals surface area contributed by atoms with Crippen molar-refractivity contribution >= 4 is 22.9 Å². The summed E-state index contributed by atoms with van der Waals surface area (Å²) >= 11 is 0. The number of rotatable bonds is 3.